The third-order valence-corrected chi connectivity index (χ3v) is 6.77. The molecule has 2 aliphatic rings. The van der Waals surface area contributed by atoms with Gasteiger partial charge in [-0.1, -0.05) is 41.4 Å². The fourth-order valence-electron chi connectivity index (χ4n) is 4.07. The molecule has 4 heterocycles. The van der Waals surface area contributed by atoms with E-state index in [1.807, 2.05) is 53.2 Å². The Balaban J connectivity index is 1.63. The summed E-state index contributed by atoms with van der Waals surface area (Å²) in [4.78, 5) is 5.59. The van der Waals surface area contributed by atoms with Crippen molar-refractivity contribution in [3.8, 4) is 5.75 Å². The lowest BCUT2D eigenvalue weighted by molar-refractivity contribution is 0.223. The van der Waals surface area contributed by atoms with E-state index in [4.69, 9.17) is 27.9 Å². The minimum absolute atomic E-state index is 0.147. The van der Waals surface area contributed by atoms with E-state index in [2.05, 4.69) is 26.8 Å². The Hall–Kier alpha value is -2.80. The summed E-state index contributed by atoms with van der Waals surface area (Å²) in [5.74, 6) is 1.46. The Bertz CT molecular complexity index is 1280. The van der Waals surface area contributed by atoms with Crippen LogP contribution in [0.2, 0.25) is 10.0 Å². The van der Waals surface area contributed by atoms with Crippen LogP contribution in [-0.2, 0) is 0 Å². The summed E-state index contributed by atoms with van der Waals surface area (Å²) in [5, 5.41) is 11.4. The zero-order valence-electron chi connectivity index (χ0n) is 15.4. The lowest BCUT2D eigenvalue weighted by Crippen LogP contribution is -2.32. The molecule has 0 aliphatic carbocycles. The van der Waals surface area contributed by atoms with Crippen LogP contribution in [0.25, 0.3) is 5.70 Å². The van der Waals surface area contributed by atoms with Crippen molar-refractivity contribution in [2.45, 2.75) is 12.1 Å². The van der Waals surface area contributed by atoms with Crippen LogP contribution >= 0.6 is 34.5 Å². The molecule has 0 spiro atoms. The quantitative estimate of drug-likeness (QED) is 0.392. The Morgan fingerprint density at radius 1 is 1.03 bits per heavy atom. The van der Waals surface area contributed by atoms with E-state index in [1.165, 1.54) is 0 Å². The van der Waals surface area contributed by atoms with E-state index in [9.17, 15) is 0 Å². The van der Waals surface area contributed by atoms with Gasteiger partial charge in [-0.3, -0.25) is 0 Å². The number of nitrogens with zero attached hydrogens (tertiary/aromatic N) is 3. The molecule has 0 radical (unpaired) electrons. The van der Waals surface area contributed by atoms with E-state index in [-0.39, 0.29) is 12.1 Å². The highest BCUT2D eigenvalue weighted by molar-refractivity contribution is 7.10. The van der Waals surface area contributed by atoms with Gasteiger partial charge in [0.1, 0.15) is 24.2 Å². The molecule has 0 saturated heterocycles. The molecule has 8 heteroatoms. The summed E-state index contributed by atoms with van der Waals surface area (Å²) < 4.78 is 8.45. The van der Waals surface area contributed by atoms with Crippen molar-refractivity contribution in [2.24, 2.45) is 0 Å². The van der Waals surface area contributed by atoms with Crippen molar-refractivity contribution in [3.05, 3.63) is 97.9 Å². The molecule has 4 aromatic rings. The van der Waals surface area contributed by atoms with Crippen LogP contribution in [0.4, 0.5) is 5.95 Å². The number of rotatable bonds is 2. The Morgan fingerprint density at radius 3 is 2.67 bits per heavy atom. The molecule has 2 aromatic heterocycles. The van der Waals surface area contributed by atoms with Crippen molar-refractivity contribution in [1.29, 1.82) is 0 Å². The zero-order valence-corrected chi connectivity index (χ0v) is 17.7. The summed E-state index contributed by atoms with van der Waals surface area (Å²) in [5.41, 5.74) is 3.95. The molecule has 30 heavy (non-hydrogen) atoms. The van der Waals surface area contributed by atoms with E-state index < -0.39 is 0 Å². The average molecular weight is 453 g/mol. The Labute approximate surface area is 186 Å². The maximum Gasteiger partial charge on any atom is 0.226 e. The number of thiophene rings is 1. The molecule has 0 saturated carbocycles. The first-order valence-corrected chi connectivity index (χ1v) is 11.0. The van der Waals surface area contributed by atoms with Gasteiger partial charge in [0.15, 0.2) is 0 Å². The van der Waals surface area contributed by atoms with Gasteiger partial charge >= 0.3 is 0 Å². The highest BCUT2D eigenvalue weighted by Gasteiger charge is 2.41. The number of hydrogen-bond acceptors (Lipinski definition) is 5. The van der Waals surface area contributed by atoms with Gasteiger partial charge in [-0.05, 0) is 47.3 Å². The number of fused-ring (bicyclic) bond motifs is 3. The molecule has 0 amide bonds. The summed E-state index contributed by atoms with van der Waals surface area (Å²) >= 11 is 14.2. The van der Waals surface area contributed by atoms with Crippen LogP contribution in [-0.4, -0.2) is 14.8 Å². The third kappa shape index (κ3) is 2.75. The molecule has 148 valence electrons. The first-order chi connectivity index (χ1) is 14.7. The number of anilines is 1. The van der Waals surface area contributed by atoms with E-state index in [0.29, 0.717) is 16.0 Å². The number of nitrogens with one attached hydrogen (secondary N) is 1. The first kappa shape index (κ1) is 18.0. The van der Waals surface area contributed by atoms with Crippen molar-refractivity contribution in [3.63, 3.8) is 0 Å². The number of hydrogen-bond donors (Lipinski definition) is 1. The lowest BCUT2D eigenvalue weighted by atomic mass is 9.87. The lowest BCUT2D eigenvalue weighted by Gasteiger charge is -2.38. The normalized spacial score (nSPS) is 19.4. The molecule has 0 unspecified atom stereocenters. The highest BCUT2D eigenvalue weighted by atomic mass is 35.5. The molecule has 2 aliphatic heterocycles. The van der Waals surface area contributed by atoms with Gasteiger partial charge in [-0.2, -0.15) is 10.1 Å². The topological polar surface area (TPSA) is 52.0 Å². The summed E-state index contributed by atoms with van der Waals surface area (Å²) in [7, 11) is 0. The molecule has 6 rings (SSSR count). The average Bonchev–Trinajstić information content (AvgIpc) is 3.44. The highest BCUT2D eigenvalue weighted by Crippen LogP contribution is 2.51. The summed E-state index contributed by atoms with van der Waals surface area (Å²) in [6.07, 6.45) is 1.25. The molecular formula is C22H14Cl2N4OS. The smallest absolute Gasteiger partial charge is 0.226 e. The molecule has 5 nitrogen and oxygen atoms in total. The van der Waals surface area contributed by atoms with Gasteiger partial charge in [0.25, 0.3) is 0 Å². The maximum absolute atomic E-state index is 6.55. The maximum atomic E-state index is 6.55. The standard InChI is InChI=1S/C22H14Cl2N4OS/c23-13-5-3-12(4-6-13)21-18-19(15-10-14(24)7-8-16(15)29-21)27-22-25-11-26-28(22)20(18)17-2-1-9-30-17/h1-11,20-21H,(H,25,26,27)/t20-,21-/m1/s1. The minimum Gasteiger partial charge on any atom is -0.480 e. The molecule has 1 N–H and O–H groups in total. The monoisotopic (exact) mass is 452 g/mol. The summed E-state index contributed by atoms with van der Waals surface area (Å²) in [6, 6.07) is 17.5. The van der Waals surface area contributed by atoms with Gasteiger partial charge in [-0.25, -0.2) is 4.68 Å². The Kier molecular flexibility index (Phi) is 4.13. The Morgan fingerprint density at radius 2 is 1.87 bits per heavy atom. The van der Waals surface area contributed by atoms with Crippen molar-refractivity contribution in [1.82, 2.24) is 14.8 Å². The van der Waals surface area contributed by atoms with Crippen molar-refractivity contribution in [2.75, 3.05) is 5.32 Å². The third-order valence-electron chi connectivity index (χ3n) is 5.36. The number of benzene rings is 2. The van der Waals surface area contributed by atoms with E-state index in [0.717, 1.165) is 33.0 Å². The first-order valence-electron chi connectivity index (χ1n) is 9.35. The number of aromatic nitrogens is 3. The fourth-order valence-corrected chi connectivity index (χ4v) is 5.20. The van der Waals surface area contributed by atoms with Gasteiger partial charge in [0.05, 0.1) is 5.70 Å². The van der Waals surface area contributed by atoms with Crippen LogP contribution in [0.5, 0.6) is 5.75 Å². The SMILES string of the molecule is Clc1ccc([C@H]2Oc3ccc(Cl)cc3C3=C2[C@@H](c2cccs2)n2ncnc2N3)cc1. The molecule has 2 atom stereocenters. The number of ether oxygens (including phenoxy) is 1. The predicted molar refractivity (Wildman–Crippen MR) is 119 cm³/mol. The van der Waals surface area contributed by atoms with Gasteiger partial charge in [0, 0.05) is 26.1 Å². The molecular weight excluding hydrogens is 439 g/mol. The van der Waals surface area contributed by atoms with Crippen LogP contribution in [0.3, 0.4) is 0 Å². The van der Waals surface area contributed by atoms with Crippen LogP contribution in [0, 0.1) is 0 Å². The van der Waals surface area contributed by atoms with Gasteiger partial charge in [0.2, 0.25) is 5.95 Å². The predicted octanol–water partition coefficient (Wildman–Crippen LogP) is 6.21. The molecule has 0 bridgehead atoms. The number of halogens is 2. The van der Waals surface area contributed by atoms with Crippen LogP contribution in [0.15, 0.2) is 71.9 Å². The minimum atomic E-state index is -0.317. The van der Waals surface area contributed by atoms with Crippen molar-refractivity contribution < 1.29 is 4.74 Å². The van der Waals surface area contributed by atoms with E-state index >= 15 is 0 Å². The molecule has 0 fully saturated rings. The van der Waals surface area contributed by atoms with Gasteiger partial charge in [-0.15, -0.1) is 11.3 Å². The second kappa shape index (κ2) is 6.87. The second-order valence-corrected chi connectivity index (χ2v) is 8.94. The second-order valence-electron chi connectivity index (χ2n) is 7.09. The van der Waals surface area contributed by atoms with Crippen molar-refractivity contribution >= 4 is 46.2 Å². The van der Waals surface area contributed by atoms with E-state index in [1.54, 1.807) is 17.7 Å². The fraction of sp³-hybridized carbons (Fsp3) is 0.0909. The van der Waals surface area contributed by atoms with Gasteiger partial charge < -0.3 is 10.1 Å². The molecule has 2 aromatic carbocycles. The van der Waals surface area contributed by atoms with Crippen LogP contribution in [0.1, 0.15) is 28.1 Å². The summed E-state index contributed by atoms with van der Waals surface area (Å²) in [6.45, 7) is 0. The zero-order chi connectivity index (χ0) is 20.2. The largest absolute Gasteiger partial charge is 0.480 e. The van der Waals surface area contributed by atoms with Crippen LogP contribution < -0.4 is 10.1 Å².